The minimum absolute atomic E-state index is 0.130. The van der Waals surface area contributed by atoms with Crippen molar-refractivity contribution >= 4 is 0 Å². The lowest BCUT2D eigenvalue weighted by Crippen LogP contribution is -2.25. The van der Waals surface area contributed by atoms with E-state index in [0.29, 0.717) is 5.75 Å². The molecule has 2 nitrogen and oxygen atoms in total. The normalized spacial score (nSPS) is 25.5. The van der Waals surface area contributed by atoms with Crippen molar-refractivity contribution in [3.8, 4) is 5.75 Å². The van der Waals surface area contributed by atoms with Crippen LogP contribution in [0, 0.1) is 12.7 Å². The Bertz CT molecular complexity index is 351. The number of halogens is 1. The zero-order chi connectivity index (χ0) is 10.8. The third-order valence-corrected chi connectivity index (χ3v) is 2.83. The fourth-order valence-corrected chi connectivity index (χ4v) is 1.95. The zero-order valence-corrected chi connectivity index (χ0v) is 8.74. The van der Waals surface area contributed by atoms with Gasteiger partial charge in [0.2, 0.25) is 0 Å². The Labute approximate surface area is 88.7 Å². The van der Waals surface area contributed by atoms with Crippen LogP contribution in [-0.2, 0) is 0 Å². The van der Waals surface area contributed by atoms with Crippen molar-refractivity contribution in [2.24, 2.45) is 0 Å². The first-order valence-electron chi connectivity index (χ1n) is 5.27. The molecular formula is C12H15FO2. The van der Waals surface area contributed by atoms with Gasteiger partial charge >= 0.3 is 0 Å². The number of hydrogen-bond acceptors (Lipinski definition) is 2. The highest BCUT2D eigenvalue weighted by Crippen LogP contribution is 2.27. The summed E-state index contributed by atoms with van der Waals surface area (Å²) in [6.07, 6.45) is 2.15. The van der Waals surface area contributed by atoms with E-state index in [1.807, 2.05) is 0 Å². The van der Waals surface area contributed by atoms with Gasteiger partial charge in [-0.25, -0.2) is 4.39 Å². The van der Waals surface area contributed by atoms with E-state index in [1.54, 1.807) is 13.0 Å². The largest absolute Gasteiger partial charge is 0.487 e. The number of ether oxygens (including phenoxy) is 1. The molecule has 1 aliphatic carbocycles. The van der Waals surface area contributed by atoms with Gasteiger partial charge in [0, 0.05) is 0 Å². The van der Waals surface area contributed by atoms with Crippen LogP contribution in [0.4, 0.5) is 4.39 Å². The van der Waals surface area contributed by atoms with Crippen LogP contribution in [0.2, 0.25) is 0 Å². The van der Waals surface area contributed by atoms with Crippen LogP contribution in [0.3, 0.4) is 0 Å². The van der Waals surface area contributed by atoms with Crippen molar-refractivity contribution in [1.29, 1.82) is 0 Å². The molecule has 0 aromatic heterocycles. The fourth-order valence-electron chi connectivity index (χ4n) is 1.95. The summed E-state index contributed by atoms with van der Waals surface area (Å²) in [6.45, 7) is 1.81. The molecule has 0 heterocycles. The molecule has 0 bridgehead atoms. The van der Waals surface area contributed by atoms with E-state index in [4.69, 9.17) is 4.74 Å². The van der Waals surface area contributed by atoms with Gasteiger partial charge in [-0.15, -0.1) is 0 Å². The predicted octanol–water partition coefficient (Wildman–Crippen LogP) is 2.43. The Morgan fingerprint density at radius 1 is 1.40 bits per heavy atom. The molecule has 82 valence electrons. The highest BCUT2D eigenvalue weighted by Gasteiger charge is 2.27. The summed E-state index contributed by atoms with van der Waals surface area (Å²) in [5.41, 5.74) is 0.772. The maximum atomic E-state index is 12.8. The molecule has 0 radical (unpaired) electrons. The summed E-state index contributed by atoms with van der Waals surface area (Å²) >= 11 is 0. The average molecular weight is 210 g/mol. The molecule has 1 saturated carbocycles. The Morgan fingerprint density at radius 2 is 2.20 bits per heavy atom. The zero-order valence-electron chi connectivity index (χ0n) is 8.74. The lowest BCUT2D eigenvalue weighted by atomic mass is 10.2. The van der Waals surface area contributed by atoms with E-state index < -0.39 is 0 Å². The molecule has 0 unspecified atom stereocenters. The second-order valence-electron chi connectivity index (χ2n) is 4.06. The number of aryl methyl sites for hydroxylation is 1. The first kappa shape index (κ1) is 10.4. The van der Waals surface area contributed by atoms with Gasteiger partial charge in [0.25, 0.3) is 0 Å². The highest BCUT2D eigenvalue weighted by atomic mass is 19.1. The molecule has 1 aliphatic rings. The van der Waals surface area contributed by atoms with Gasteiger partial charge in [0.1, 0.15) is 17.7 Å². The van der Waals surface area contributed by atoms with E-state index in [2.05, 4.69) is 0 Å². The first-order valence-corrected chi connectivity index (χ1v) is 5.27. The third kappa shape index (κ3) is 2.29. The fraction of sp³-hybridized carbons (Fsp3) is 0.500. The standard InChI is InChI=1S/C12H15FO2/c1-8-7-9(13)5-6-11(8)15-12-4-2-3-10(12)14/h5-7,10,12,14H,2-4H2,1H3/t10-,12-/m0/s1. The number of aliphatic hydroxyl groups excluding tert-OH is 1. The van der Waals surface area contributed by atoms with Gasteiger partial charge in [-0.1, -0.05) is 0 Å². The Morgan fingerprint density at radius 3 is 2.80 bits per heavy atom. The molecule has 0 amide bonds. The summed E-state index contributed by atoms with van der Waals surface area (Å²) in [4.78, 5) is 0. The SMILES string of the molecule is Cc1cc(F)ccc1O[C@H]1CCC[C@@H]1O. The maximum Gasteiger partial charge on any atom is 0.124 e. The third-order valence-electron chi connectivity index (χ3n) is 2.83. The first-order chi connectivity index (χ1) is 7.16. The summed E-state index contributed by atoms with van der Waals surface area (Å²) in [5, 5.41) is 9.60. The van der Waals surface area contributed by atoms with E-state index in [9.17, 15) is 9.50 Å². The molecule has 15 heavy (non-hydrogen) atoms. The molecule has 1 aromatic carbocycles. The van der Waals surface area contributed by atoms with Crippen LogP contribution in [0.25, 0.3) is 0 Å². The minimum atomic E-state index is -0.380. The molecule has 0 aliphatic heterocycles. The average Bonchev–Trinajstić information content (AvgIpc) is 2.57. The number of rotatable bonds is 2. The summed E-state index contributed by atoms with van der Waals surface area (Å²) in [5.74, 6) is 0.411. The molecular weight excluding hydrogens is 195 g/mol. The molecule has 1 N–H and O–H groups in total. The Kier molecular flexibility index (Phi) is 2.91. The van der Waals surface area contributed by atoms with Gasteiger partial charge in [0.15, 0.2) is 0 Å². The summed E-state index contributed by atoms with van der Waals surface area (Å²) < 4.78 is 18.5. The van der Waals surface area contributed by atoms with Gasteiger partial charge in [-0.2, -0.15) is 0 Å². The summed E-state index contributed by atoms with van der Waals surface area (Å²) in [7, 11) is 0. The Hall–Kier alpha value is -1.09. The molecule has 3 heteroatoms. The molecule has 2 atom stereocenters. The minimum Gasteiger partial charge on any atom is -0.487 e. The van der Waals surface area contributed by atoms with Crippen LogP contribution in [0.1, 0.15) is 24.8 Å². The van der Waals surface area contributed by atoms with Crippen molar-refractivity contribution in [2.75, 3.05) is 0 Å². The van der Waals surface area contributed by atoms with Crippen LogP contribution in [0.5, 0.6) is 5.75 Å². The van der Waals surface area contributed by atoms with Crippen molar-refractivity contribution in [2.45, 2.75) is 38.4 Å². The van der Waals surface area contributed by atoms with E-state index in [1.165, 1.54) is 12.1 Å². The molecule has 1 aromatic rings. The van der Waals surface area contributed by atoms with Crippen LogP contribution >= 0.6 is 0 Å². The van der Waals surface area contributed by atoms with Crippen molar-refractivity contribution in [1.82, 2.24) is 0 Å². The number of aliphatic hydroxyl groups is 1. The van der Waals surface area contributed by atoms with Crippen LogP contribution < -0.4 is 4.74 Å². The van der Waals surface area contributed by atoms with Gasteiger partial charge in [0.05, 0.1) is 6.10 Å². The highest BCUT2D eigenvalue weighted by molar-refractivity contribution is 5.32. The van der Waals surface area contributed by atoms with Gasteiger partial charge < -0.3 is 9.84 Å². The van der Waals surface area contributed by atoms with Crippen LogP contribution in [-0.4, -0.2) is 17.3 Å². The maximum absolute atomic E-state index is 12.8. The smallest absolute Gasteiger partial charge is 0.124 e. The second-order valence-corrected chi connectivity index (χ2v) is 4.06. The van der Waals surface area contributed by atoms with Crippen molar-refractivity contribution in [3.05, 3.63) is 29.6 Å². The van der Waals surface area contributed by atoms with Crippen molar-refractivity contribution in [3.63, 3.8) is 0 Å². The van der Waals surface area contributed by atoms with Gasteiger partial charge in [-0.3, -0.25) is 0 Å². The molecule has 0 spiro atoms. The predicted molar refractivity (Wildman–Crippen MR) is 55.4 cm³/mol. The van der Waals surface area contributed by atoms with E-state index in [-0.39, 0.29) is 18.0 Å². The van der Waals surface area contributed by atoms with E-state index >= 15 is 0 Å². The van der Waals surface area contributed by atoms with Gasteiger partial charge in [-0.05, 0) is 49.9 Å². The quantitative estimate of drug-likeness (QED) is 0.812. The van der Waals surface area contributed by atoms with E-state index in [0.717, 1.165) is 24.8 Å². The lowest BCUT2D eigenvalue weighted by molar-refractivity contribution is 0.0599. The molecule has 2 rings (SSSR count). The Balaban J connectivity index is 2.10. The molecule has 1 fully saturated rings. The molecule has 0 saturated heterocycles. The van der Waals surface area contributed by atoms with Crippen LogP contribution in [0.15, 0.2) is 18.2 Å². The number of hydrogen-bond donors (Lipinski definition) is 1. The lowest BCUT2D eigenvalue weighted by Gasteiger charge is -2.18. The topological polar surface area (TPSA) is 29.5 Å². The summed E-state index contributed by atoms with van der Waals surface area (Å²) in [6, 6.07) is 4.44. The number of benzene rings is 1. The monoisotopic (exact) mass is 210 g/mol. The van der Waals surface area contributed by atoms with Crippen molar-refractivity contribution < 1.29 is 14.2 Å². The second kappa shape index (κ2) is 4.19.